The van der Waals surface area contributed by atoms with E-state index in [0.29, 0.717) is 24.2 Å². The molecule has 1 aliphatic heterocycles. The van der Waals surface area contributed by atoms with Gasteiger partial charge >= 0.3 is 0 Å². The van der Waals surface area contributed by atoms with Gasteiger partial charge in [0.05, 0.1) is 16.5 Å². The Labute approximate surface area is 153 Å². The fourth-order valence-corrected chi connectivity index (χ4v) is 4.36. The number of amides is 1. The van der Waals surface area contributed by atoms with Gasteiger partial charge in [-0.3, -0.25) is 4.79 Å². The van der Waals surface area contributed by atoms with Crippen LogP contribution in [-0.2, 0) is 10.0 Å². The van der Waals surface area contributed by atoms with Gasteiger partial charge in [0.15, 0.2) is 0 Å². The second kappa shape index (κ2) is 7.28. The highest BCUT2D eigenvalue weighted by atomic mass is 32.2. The van der Waals surface area contributed by atoms with Gasteiger partial charge in [-0.2, -0.15) is 9.57 Å². The summed E-state index contributed by atoms with van der Waals surface area (Å²) in [5.41, 5.74) is 2.05. The van der Waals surface area contributed by atoms with Crippen molar-refractivity contribution in [3.05, 3.63) is 65.2 Å². The molecule has 0 bridgehead atoms. The van der Waals surface area contributed by atoms with E-state index in [-0.39, 0.29) is 23.9 Å². The molecule has 1 heterocycles. The van der Waals surface area contributed by atoms with Crippen molar-refractivity contribution in [1.82, 2.24) is 9.21 Å². The van der Waals surface area contributed by atoms with E-state index in [0.717, 1.165) is 5.56 Å². The maximum absolute atomic E-state index is 12.7. The molecular weight excluding hydrogens is 350 g/mol. The maximum atomic E-state index is 12.7. The van der Waals surface area contributed by atoms with Crippen LogP contribution in [0.1, 0.15) is 21.5 Å². The van der Waals surface area contributed by atoms with Crippen LogP contribution in [-0.4, -0.2) is 49.7 Å². The van der Waals surface area contributed by atoms with Crippen LogP contribution in [0.15, 0.2) is 53.4 Å². The van der Waals surface area contributed by atoms with Crippen LogP contribution in [0.25, 0.3) is 0 Å². The number of hydrogen-bond donors (Lipinski definition) is 0. The van der Waals surface area contributed by atoms with E-state index in [1.54, 1.807) is 11.0 Å². The van der Waals surface area contributed by atoms with Crippen molar-refractivity contribution in [2.24, 2.45) is 0 Å². The summed E-state index contributed by atoms with van der Waals surface area (Å²) in [5, 5.41) is 8.82. The van der Waals surface area contributed by atoms with Gasteiger partial charge in [-0.25, -0.2) is 8.42 Å². The van der Waals surface area contributed by atoms with Gasteiger partial charge in [0, 0.05) is 31.7 Å². The number of sulfonamides is 1. The molecule has 2 aromatic rings. The predicted octanol–water partition coefficient (Wildman–Crippen LogP) is 2.01. The number of rotatable bonds is 3. The number of nitrogens with zero attached hydrogens (tertiary/aromatic N) is 3. The molecule has 0 N–H and O–H groups in total. The lowest BCUT2D eigenvalue weighted by Crippen LogP contribution is -2.50. The van der Waals surface area contributed by atoms with Crippen LogP contribution in [0.5, 0.6) is 0 Å². The molecule has 1 saturated heterocycles. The molecule has 0 saturated carbocycles. The number of piperazine rings is 1. The van der Waals surface area contributed by atoms with E-state index >= 15 is 0 Å². The summed E-state index contributed by atoms with van der Waals surface area (Å²) in [6.45, 7) is 3.13. The molecule has 6 nitrogen and oxygen atoms in total. The third kappa shape index (κ3) is 3.62. The number of carbonyl (C=O) groups is 1. The van der Waals surface area contributed by atoms with Crippen molar-refractivity contribution in [3.8, 4) is 6.07 Å². The highest BCUT2D eigenvalue weighted by Crippen LogP contribution is 2.19. The first-order valence-corrected chi connectivity index (χ1v) is 9.72. The first-order chi connectivity index (χ1) is 12.4. The van der Waals surface area contributed by atoms with E-state index in [4.69, 9.17) is 5.26 Å². The second-order valence-corrected chi connectivity index (χ2v) is 8.14. The highest BCUT2D eigenvalue weighted by molar-refractivity contribution is 7.89. The minimum Gasteiger partial charge on any atom is -0.336 e. The molecule has 1 amide bonds. The van der Waals surface area contributed by atoms with Gasteiger partial charge in [0.25, 0.3) is 5.91 Å². The highest BCUT2D eigenvalue weighted by Gasteiger charge is 2.30. The topological polar surface area (TPSA) is 81.5 Å². The Morgan fingerprint density at radius 3 is 2.27 bits per heavy atom. The second-order valence-electron chi connectivity index (χ2n) is 6.20. The minimum absolute atomic E-state index is 0.0795. The molecule has 0 aliphatic carbocycles. The van der Waals surface area contributed by atoms with Gasteiger partial charge in [0.2, 0.25) is 10.0 Å². The molecule has 1 aliphatic rings. The monoisotopic (exact) mass is 369 g/mol. The van der Waals surface area contributed by atoms with Gasteiger partial charge in [-0.05, 0) is 43.3 Å². The van der Waals surface area contributed by atoms with E-state index in [2.05, 4.69) is 0 Å². The lowest BCUT2D eigenvalue weighted by atomic mass is 10.1. The van der Waals surface area contributed by atoms with Crippen LogP contribution < -0.4 is 0 Å². The molecule has 1 fully saturated rings. The number of aryl methyl sites for hydroxylation is 1. The molecule has 7 heteroatoms. The maximum Gasteiger partial charge on any atom is 0.253 e. The molecule has 0 aromatic heterocycles. The zero-order chi connectivity index (χ0) is 18.7. The van der Waals surface area contributed by atoms with Gasteiger partial charge in [-0.1, -0.05) is 17.7 Å². The molecule has 0 spiro atoms. The Bertz CT molecular complexity index is 954. The zero-order valence-electron chi connectivity index (χ0n) is 14.4. The summed E-state index contributed by atoms with van der Waals surface area (Å²) >= 11 is 0. The molecule has 2 aromatic carbocycles. The molecule has 134 valence electrons. The summed E-state index contributed by atoms with van der Waals surface area (Å²) < 4.78 is 26.8. The van der Waals surface area contributed by atoms with Crippen molar-refractivity contribution in [2.45, 2.75) is 11.8 Å². The third-order valence-electron chi connectivity index (χ3n) is 4.41. The van der Waals surface area contributed by atoms with Crippen molar-refractivity contribution in [2.75, 3.05) is 26.2 Å². The summed E-state index contributed by atoms with van der Waals surface area (Å²) in [6.07, 6.45) is 0. The average molecular weight is 369 g/mol. The Morgan fingerprint density at radius 2 is 1.69 bits per heavy atom. The smallest absolute Gasteiger partial charge is 0.253 e. The standard InChI is InChI=1S/C19H19N3O3S/c1-15-3-2-4-17(13-15)19(23)21-9-11-22(12-10-21)26(24,25)18-7-5-16(14-20)6-8-18/h2-8,13H,9-12H2,1H3. The number of nitriles is 1. The van der Waals surface area contributed by atoms with Gasteiger partial charge in [0.1, 0.15) is 0 Å². The zero-order valence-corrected chi connectivity index (χ0v) is 15.2. The Hall–Kier alpha value is -2.69. The molecule has 26 heavy (non-hydrogen) atoms. The van der Waals surface area contributed by atoms with E-state index in [1.165, 1.54) is 28.6 Å². The number of carbonyl (C=O) groups excluding carboxylic acids is 1. The SMILES string of the molecule is Cc1cccc(C(=O)N2CCN(S(=O)(=O)c3ccc(C#N)cc3)CC2)c1. The molecule has 3 rings (SSSR count). The first-order valence-electron chi connectivity index (χ1n) is 8.28. The van der Waals surface area contributed by atoms with Crippen LogP contribution in [0, 0.1) is 18.3 Å². The molecule has 0 radical (unpaired) electrons. The quantitative estimate of drug-likeness (QED) is 0.829. The predicted molar refractivity (Wildman–Crippen MR) is 97.0 cm³/mol. The number of hydrogen-bond acceptors (Lipinski definition) is 4. The summed E-state index contributed by atoms with van der Waals surface area (Å²) in [6, 6.07) is 15.2. The number of benzene rings is 2. The summed E-state index contributed by atoms with van der Waals surface area (Å²) in [7, 11) is -3.62. The van der Waals surface area contributed by atoms with Crippen molar-refractivity contribution in [3.63, 3.8) is 0 Å². The summed E-state index contributed by atoms with van der Waals surface area (Å²) in [5.74, 6) is -0.0795. The van der Waals surface area contributed by atoms with Gasteiger partial charge < -0.3 is 4.90 Å². The summed E-state index contributed by atoms with van der Waals surface area (Å²) in [4.78, 5) is 14.4. The molecule has 0 unspecified atom stereocenters. The van der Waals surface area contributed by atoms with Crippen molar-refractivity contribution in [1.29, 1.82) is 5.26 Å². The Balaban J connectivity index is 1.69. The largest absolute Gasteiger partial charge is 0.336 e. The van der Waals surface area contributed by atoms with Crippen molar-refractivity contribution < 1.29 is 13.2 Å². The average Bonchev–Trinajstić information content (AvgIpc) is 2.67. The van der Waals surface area contributed by atoms with Crippen molar-refractivity contribution >= 4 is 15.9 Å². The molecule has 0 atom stereocenters. The Morgan fingerprint density at radius 1 is 1.04 bits per heavy atom. The van der Waals surface area contributed by atoms with E-state index in [1.807, 2.05) is 31.2 Å². The van der Waals surface area contributed by atoms with Crippen LogP contribution in [0.2, 0.25) is 0 Å². The van der Waals surface area contributed by atoms with Crippen LogP contribution in [0.4, 0.5) is 0 Å². The fraction of sp³-hybridized carbons (Fsp3) is 0.263. The van der Waals surface area contributed by atoms with E-state index < -0.39 is 10.0 Å². The van der Waals surface area contributed by atoms with Crippen LogP contribution >= 0.6 is 0 Å². The minimum atomic E-state index is -3.62. The third-order valence-corrected chi connectivity index (χ3v) is 6.32. The normalized spacial score (nSPS) is 15.5. The Kier molecular flexibility index (Phi) is 5.07. The fourth-order valence-electron chi connectivity index (χ4n) is 2.94. The lowest BCUT2D eigenvalue weighted by molar-refractivity contribution is 0.0698. The lowest BCUT2D eigenvalue weighted by Gasteiger charge is -2.34. The van der Waals surface area contributed by atoms with E-state index in [9.17, 15) is 13.2 Å². The van der Waals surface area contributed by atoms with Crippen LogP contribution in [0.3, 0.4) is 0 Å². The van der Waals surface area contributed by atoms with Gasteiger partial charge in [-0.15, -0.1) is 0 Å². The first kappa shape index (κ1) is 18.1. The molecular formula is C19H19N3O3S.